The molecule has 0 aromatic heterocycles. The molecule has 2 rings (SSSR count). The van der Waals surface area contributed by atoms with Crippen molar-refractivity contribution in [3.63, 3.8) is 0 Å². The fourth-order valence-corrected chi connectivity index (χ4v) is 3.07. The monoisotopic (exact) mass is 474 g/mol. The van der Waals surface area contributed by atoms with Crippen LogP contribution in [0.1, 0.15) is 63.7 Å². The van der Waals surface area contributed by atoms with E-state index in [9.17, 15) is 9.59 Å². The Morgan fingerprint density at radius 3 is 2.33 bits per heavy atom. The summed E-state index contributed by atoms with van der Waals surface area (Å²) in [5, 5.41) is 5.78. The maximum atomic E-state index is 12.9. The van der Waals surface area contributed by atoms with Gasteiger partial charge in [0.25, 0.3) is 5.91 Å². The number of anilines is 2. The lowest BCUT2D eigenvalue weighted by molar-refractivity contribution is -0.123. The highest BCUT2D eigenvalue weighted by Gasteiger charge is 2.21. The largest absolute Gasteiger partial charge is 0.493 e. The van der Waals surface area contributed by atoms with E-state index in [-0.39, 0.29) is 11.8 Å². The second-order valence-corrected chi connectivity index (χ2v) is 9.20. The van der Waals surface area contributed by atoms with Gasteiger partial charge in [-0.3, -0.25) is 9.59 Å². The van der Waals surface area contributed by atoms with E-state index in [4.69, 9.17) is 4.74 Å². The van der Waals surface area contributed by atoms with Crippen LogP contribution in [0.5, 0.6) is 5.75 Å². The molecule has 0 aliphatic carbocycles. The highest BCUT2D eigenvalue weighted by molar-refractivity contribution is 9.10. The Hall–Kier alpha value is -2.34. The molecule has 2 aromatic carbocycles. The fourth-order valence-electron chi connectivity index (χ4n) is 2.71. The van der Waals surface area contributed by atoms with Gasteiger partial charge in [0.05, 0.1) is 12.2 Å². The minimum Gasteiger partial charge on any atom is -0.493 e. The molecular weight excluding hydrogens is 444 g/mol. The Kier molecular flexibility index (Phi) is 8.90. The molecule has 0 unspecified atom stereocenters. The first-order chi connectivity index (χ1) is 14.2. The van der Waals surface area contributed by atoms with Crippen molar-refractivity contribution in [3.05, 3.63) is 52.5 Å². The van der Waals surface area contributed by atoms with Crippen molar-refractivity contribution < 1.29 is 14.3 Å². The summed E-state index contributed by atoms with van der Waals surface area (Å²) >= 11 is 3.43. The first kappa shape index (κ1) is 23.9. The van der Waals surface area contributed by atoms with Gasteiger partial charge >= 0.3 is 0 Å². The highest BCUT2D eigenvalue weighted by Crippen LogP contribution is 2.26. The number of rotatable bonds is 9. The quantitative estimate of drug-likeness (QED) is 0.399. The van der Waals surface area contributed by atoms with Crippen LogP contribution in [0.3, 0.4) is 0 Å². The first-order valence-electron chi connectivity index (χ1n) is 10.4. The second-order valence-electron chi connectivity index (χ2n) is 8.29. The number of hydrogen-bond acceptors (Lipinski definition) is 3. The number of carbonyl (C=O) groups excluding carboxylic acids is 2. The number of unbranched alkanes of at least 4 members (excludes halogenated alkanes) is 3. The molecule has 0 atom stereocenters. The molecule has 0 aliphatic heterocycles. The molecule has 6 heteroatoms. The van der Waals surface area contributed by atoms with Crippen molar-refractivity contribution in [1.82, 2.24) is 0 Å². The molecule has 2 aromatic rings. The fraction of sp³-hybridized carbons (Fsp3) is 0.417. The first-order valence-corrected chi connectivity index (χ1v) is 11.1. The normalized spacial score (nSPS) is 11.1. The molecular formula is C24H31BrN2O3. The van der Waals surface area contributed by atoms with Gasteiger partial charge in [-0.25, -0.2) is 0 Å². The maximum Gasteiger partial charge on any atom is 0.259 e. The van der Waals surface area contributed by atoms with Crippen molar-refractivity contribution in [1.29, 1.82) is 0 Å². The summed E-state index contributed by atoms with van der Waals surface area (Å²) in [5.74, 6) is 0.209. The lowest BCUT2D eigenvalue weighted by atomic mass is 9.95. The molecule has 2 N–H and O–H groups in total. The molecule has 0 spiro atoms. The summed E-state index contributed by atoms with van der Waals surface area (Å²) in [6.07, 6.45) is 4.42. The number of nitrogens with one attached hydrogen (secondary N) is 2. The Labute approximate surface area is 187 Å². The van der Waals surface area contributed by atoms with Crippen LogP contribution >= 0.6 is 15.9 Å². The minimum atomic E-state index is -0.501. The Morgan fingerprint density at radius 2 is 1.67 bits per heavy atom. The minimum absolute atomic E-state index is 0.0864. The average Bonchev–Trinajstić information content (AvgIpc) is 2.68. The smallest absolute Gasteiger partial charge is 0.259 e. The van der Waals surface area contributed by atoms with Crippen molar-refractivity contribution in [2.75, 3.05) is 17.2 Å². The van der Waals surface area contributed by atoms with Crippen LogP contribution in [-0.2, 0) is 4.79 Å². The third-order valence-corrected chi connectivity index (χ3v) is 4.99. The van der Waals surface area contributed by atoms with Gasteiger partial charge in [-0.1, -0.05) is 69.0 Å². The number of hydrogen-bond donors (Lipinski definition) is 2. The number of halogens is 1. The zero-order valence-electron chi connectivity index (χ0n) is 18.2. The van der Waals surface area contributed by atoms with Gasteiger partial charge in [0.2, 0.25) is 5.91 Å². The van der Waals surface area contributed by atoms with Crippen molar-refractivity contribution in [2.45, 2.75) is 53.4 Å². The maximum absolute atomic E-state index is 12.9. The number of amides is 2. The van der Waals surface area contributed by atoms with Gasteiger partial charge < -0.3 is 15.4 Å². The van der Waals surface area contributed by atoms with Crippen LogP contribution in [0.15, 0.2) is 46.9 Å². The molecule has 0 bridgehead atoms. The SMILES string of the molecule is CCCCCCOc1ccc(Br)cc1C(=O)Nc1cccc(NC(=O)C(C)(C)C)c1. The number of carbonyl (C=O) groups is 2. The summed E-state index contributed by atoms with van der Waals surface area (Å²) in [6.45, 7) is 8.30. The summed E-state index contributed by atoms with van der Waals surface area (Å²) < 4.78 is 6.68. The van der Waals surface area contributed by atoms with Crippen molar-refractivity contribution in [2.24, 2.45) is 5.41 Å². The third-order valence-electron chi connectivity index (χ3n) is 4.50. The Bertz CT molecular complexity index is 875. The van der Waals surface area contributed by atoms with Gasteiger partial charge in [-0.15, -0.1) is 0 Å². The van der Waals surface area contributed by atoms with E-state index in [0.717, 1.165) is 17.3 Å². The van der Waals surface area contributed by atoms with Gasteiger partial charge in [-0.2, -0.15) is 0 Å². The highest BCUT2D eigenvalue weighted by atomic mass is 79.9. The zero-order valence-corrected chi connectivity index (χ0v) is 19.8. The third kappa shape index (κ3) is 7.48. The molecule has 2 amide bonds. The topological polar surface area (TPSA) is 67.4 Å². The van der Waals surface area contributed by atoms with Crippen molar-refractivity contribution in [3.8, 4) is 5.75 Å². The van der Waals surface area contributed by atoms with Crippen molar-refractivity contribution >= 4 is 39.1 Å². The Morgan fingerprint density at radius 1 is 0.967 bits per heavy atom. The standard InChI is InChI=1S/C24H31BrN2O3/c1-5-6-7-8-14-30-21-13-12-17(25)15-20(21)22(28)26-18-10-9-11-19(16-18)27-23(29)24(2,3)4/h9-13,15-16H,5-8,14H2,1-4H3,(H,26,28)(H,27,29). The summed E-state index contributed by atoms with van der Waals surface area (Å²) in [4.78, 5) is 25.1. The molecule has 0 fully saturated rings. The molecule has 30 heavy (non-hydrogen) atoms. The van der Waals surface area contributed by atoms with E-state index in [1.54, 1.807) is 36.4 Å². The molecule has 0 saturated carbocycles. The van der Waals surface area contributed by atoms with Crippen LogP contribution in [0.25, 0.3) is 0 Å². The van der Waals surface area contributed by atoms with Gasteiger partial charge in [0.15, 0.2) is 0 Å². The van der Waals surface area contributed by atoms with E-state index in [1.807, 2.05) is 26.8 Å². The molecule has 0 heterocycles. The summed E-state index contributed by atoms with van der Waals surface area (Å²) in [5.41, 5.74) is 1.19. The molecule has 5 nitrogen and oxygen atoms in total. The van der Waals surface area contributed by atoms with Gasteiger partial charge in [0, 0.05) is 21.3 Å². The lowest BCUT2D eigenvalue weighted by Crippen LogP contribution is -2.27. The molecule has 0 radical (unpaired) electrons. The van der Waals surface area contributed by atoms with Gasteiger partial charge in [0.1, 0.15) is 5.75 Å². The summed E-state index contributed by atoms with van der Waals surface area (Å²) in [7, 11) is 0. The molecule has 0 aliphatic rings. The second kappa shape index (κ2) is 11.2. The van der Waals surface area contributed by atoms with E-state index < -0.39 is 5.41 Å². The molecule has 162 valence electrons. The van der Waals surface area contributed by atoms with E-state index in [1.165, 1.54) is 12.8 Å². The van der Waals surface area contributed by atoms with Crippen LogP contribution in [-0.4, -0.2) is 18.4 Å². The van der Waals surface area contributed by atoms with E-state index >= 15 is 0 Å². The molecule has 0 saturated heterocycles. The van der Waals surface area contributed by atoms with Gasteiger partial charge in [-0.05, 0) is 42.8 Å². The van der Waals surface area contributed by atoms with Crippen LogP contribution in [0.2, 0.25) is 0 Å². The predicted octanol–water partition coefficient (Wildman–Crippen LogP) is 6.65. The van der Waals surface area contributed by atoms with Crippen LogP contribution in [0, 0.1) is 5.41 Å². The summed E-state index contributed by atoms with van der Waals surface area (Å²) in [6, 6.07) is 12.5. The zero-order chi connectivity index (χ0) is 22.1. The Balaban J connectivity index is 2.09. The number of benzene rings is 2. The lowest BCUT2D eigenvalue weighted by Gasteiger charge is -2.18. The average molecular weight is 475 g/mol. The van der Waals surface area contributed by atoms with Crippen LogP contribution < -0.4 is 15.4 Å². The number of ether oxygens (including phenoxy) is 1. The van der Waals surface area contributed by atoms with Crippen LogP contribution in [0.4, 0.5) is 11.4 Å². The predicted molar refractivity (Wildman–Crippen MR) is 126 cm³/mol. The van der Waals surface area contributed by atoms with E-state index in [2.05, 4.69) is 33.5 Å². The van der Waals surface area contributed by atoms with E-state index in [0.29, 0.717) is 29.3 Å².